The van der Waals surface area contributed by atoms with Gasteiger partial charge in [0.15, 0.2) is 5.82 Å². The summed E-state index contributed by atoms with van der Waals surface area (Å²) in [6, 6.07) is 9.20. The van der Waals surface area contributed by atoms with Crippen molar-refractivity contribution in [2.75, 3.05) is 31.6 Å². The predicted octanol–water partition coefficient (Wildman–Crippen LogP) is 7.72. The summed E-state index contributed by atoms with van der Waals surface area (Å²) in [5.41, 5.74) is 2.59. The molecule has 0 radical (unpaired) electrons. The van der Waals surface area contributed by atoms with Gasteiger partial charge in [0, 0.05) is 30.3 Å². The molecule has 1 saturated heterocycles. The normalized spacial score (nSPS) is 26.2. The van der Waals surface area contributed by atoms with Crippen molar-refractivity contribution in [3.63, 3.8) is 0 Å². The van der Waals surface area contributed by atoms with E-state index >= 15 is 8.78 Å². The molecule has 2 amide bonds. The SMILES string of the molecule is COc1ccc(C23CCC(CN(C(=O)C4CCC(OC(=O)N5CC(O)C5)CC4)c4ccc(F)c(-c5cnn(C(C)C)c5)c4F)(CC2)CC3)cc1C. The molecule has 1 aliphatic heterocycles. The van der Waals surface area contributed by atoms with Gasteiger partial charge in [-0.05, 0) is 125 Å². The summed E-state index contributed by atoms with van der Waals surface area (Å²) in [6.07, 6.45) is 9.58. The molecule has 0 unspecified atom stereocenters. The van der Waals surface area contributed by atoms with Crippen LogP contribution < -0.4 is 9.64 Å². The number of likely N-dealkylation sites (tertiary alicyclic amines) is 1. The summed E-state index contributed by atoms with van der Waals surface area (Å²) < 4.78 is 45.1. The van der Waals surface area contributed by atoms with Crippen molar-refractivity contribution in [3.8, 4) is 16.9 Å². The first kappa shape index (κ1) is 35.4. The lowest BCUT2D eigenvalue weighted by atomic mass is 9.51. The molecule has 11 heteroatoms. The van der Waals surface area contributed by atoms with E-state index in [-0.39, 0.29) is 59.1 Å². The average Bonchev–Trinajstić information content (AvgIpc) is 3.61. The number of carbonyl (C=O) groups is 2. The van der Waals surface area contributed by atoms with Gasteiger partial charge in [0.05, 0.1) is 43.8 Å². The second-order valence-electron chi connectivity index (χ2n) is 15.9. The van der Waals surface area contributed by atoms with Crippen molar-refractivity contribution in [3.05, 3.63) is 65.5 Å². The van der Waals surface area contributed by atoms with Crippen molar-refractivity contribution in [1.82, 2.24) is 14.7 Å². The number of anilines is 1. The zero-order chi connectivity index (χ0) is 36.1. The molecule has 1 aromatic heterocycles. The smallest absolute Gasteiger partial charge is 0.410 e. The lowest BCUT2D eigenvalue weighted by molar-refractivity contribution is -0.124. The first-order valence-corrected chi connectivity index (χ1v) is 18.5. The lowest BCUT2D eigenvalue weighted by Crippen LogP contribution is -2.54. The summed E-state index contributed by atoms with van der Waals surface area (Å²) in [4.78, 5) is 30.2. The molecule has 4 saturated carbocycles. The molecule has 2 bridgehead atoms. The minimum absolute atomic E-state index is 0.0173. The van der Waals surface area contributed by atoms with E-state index < -0.39 is 23.8 Å². The number of ether oxygens (including phenoxy) is 2. The van der Waals surface area contributed by atoms with E-state index in [9.17, 15) is 14.7 Å². The topological polar surface area (TPSA) is 97.1 Å². The van der Waals surface area contributed by atoms with Crippen LogP contribution in [0.5, 0.6) is 5.75 Å². The third kappa shape index (κ3) is 6.74. The van der Waals surface area contributed by atoms with Gasteiger partial charge in [0.2, 0.25) is 5.91 Å². The van der Waals surface area contributed by atoms with Gasteiger partial charge in [0.1, 0.15) is 17.7 Å². The molecule has 274 valence electrons. The van der Waals surface area contributed by atoms with Gasteiger partial charge in [-0.3, -0.25) is 9.48 Å². The predicted molar refractivity (Wildman–Crippen MR) is 190 cm³/mol. The van der Waals surface area contributed by atoms with Gasteiger partial charge < -0.3 is 24.4 Å². The molecule has 5 fully saturated rings. The molecule has 0 spiro atoms. The highest BCUT2D eigenvalue weighted by Crippen LogP contribution is 2.58. The summed E-state index contributed by atoms with van der Waals surface area (Å²) in [5.74, 6) is -1.12. The standard InChI is InChI=1S/C40H50F2N4O5/c1-25(2)46-21-28(20-43-46)35-32(41)10-11-33(36(35)42)45(37(48)27-5-8-31(9-6-27)51-38(49)44-22-30(47)23-44)24-39-13-16-40(17-14-39,18-15-39)29-7-12-34(50-4)26(3)19-29/h7,10-12,19-21,25,27,30-31,47H,5-6,8-9,13-18,22-24H2,1-4H3. The number of aromatic nitrogens is 2. The molecule has 9 nitrogen and oxygen atoms in total. The van der Waals surface area contributed by atoms with E-state index in [4.69, 9.17) is 9.47 Å². The number of carbonyl (C=O) groups excluding carboxylic acids is 2. The maximum atomic E-state index is 16.8. The molecular formula is C40H50F2N4O5. The molecule has 51 heavy (non-hydrogen) atoms. The average molecular weight is 705 g/mol. The maximum absolute atomic E-state index is 16.8. The number of amides is 2. The fourth-order valence-electron chi connectivity index (χ4n) is 8.99. The van der Waals surface area contributed by atoms with Crippen molar-refractivity contribution >= 4 is 17.7 Å². The molecule has 5 aliphatic rings. The van der Waals surface area contributed by atoms with Gasteiger partial charge in [-0.2, -0.15) is 5.10 Å². The van der Waals surface area contributed by atoms with E-state index in [0.29, 0.717) is 37.8 Å². The van der Waals surface area contributed by atoms with E-state index in [1.807, 2.05) is 13.8 Å². The number of aliphatic hydroxyl groups is 1. The van der Waals surface area contributed by atoms with Crippen LogP contribution in [0, 0.1) is 29.9 Å². The van der Waals surface area contributed by atoms with Crippen molar-refractivity contribution in [2.45, 2.75) is 109 Å². The number of benzene rings is 2. The number of hydrogen-bond acceptors (Lipinski definition) is 6. The lowest BCUT2D eigenvalue weighted by Gasteiger charge is -2.55. The molecule has 2 aromatic carbocycles. The largest absolute Gasteiger partial charge is 0.496 e. The Morgan fingerprint density at radius 1 is 1.02 bits per heavy atom. The zero-order valence-corrected chi connectivity index (χ0v) is 30.2. The van der Waals surface area contributed by atoms with Gasteiger partial charge >= 0.3 is 6.09 Å². The monoisotopic (exact) mass is 704 g/mol. The van der Waals surface area contributed by atoms with Crippen molar-refractivity contribution in [2.24, 2.45) is 11.3 Å². The molecule has 0 atom stereocenters. The van der Waals surface area contributed by atoms with E-state index in [1.165, 1.54) is 28.8 Å². The number of methoxy groups -OCH3 is 1. The summed E-state index contributed by atoms with van der Waals surface area (Å²) >= 11 is 0. The summed E-state index contributed by atoms with van der Waals surface area (Å²) in [5, 5.41) is 13.9. The number of rotatable bonds is 9. The highest BCUT2D eigenvalue weighted by molar-refractivity contribution is 5.96. The molecule has 1 N–H and O–H groups in total. The third-order valence-electron chi connectivity index (χ3n) is 12.4. The number of aryl methyl sites for hydroxylation is 1. The Balaban J connectivity index is 1.14. The van der Waals surface area contributed by atoms with E-state index in [2.05, 4.69) is 30.2 Å². The maximum Gasteiger partial charge on any atom is 0.410 e. The second kappa shape index (κ2) is 13.9. The fourth-order valence-corrected chi connectivity index (χ4v) is 8.99. The minimum atomic E-state index is -0.753. The van der Waals surface area contributed by atoms with Crippen LogP contribution in [0.3, 0.4) is 0 Å². The minimum Gasteiger partial charge on any atom is -0.496 e. The Hall–Kier alpha value is -3.99. The van der Waals surface area contributed by atoms with Crippen molar-refractivity contribution < 1.29 is 33.0 Å². The van der Waals surface area contributed by atoms with Crippen LogP contribution in [0.15, 0.2) is 42.7 Å². The van der Waals surface area contributed by atoms with Crippen LogP contribution >= 0.6 is 0 Å². The Kier molecular flexibility index (Phi) is 9.62. The Bertz CT molecular complexity index is 1750. The van der Waals surface area contributed by atoms with Gasteiger partial charge in [-0.25, -0.2) is 13.6 Å². The molecular weight excluding hydrogens is 654 g/mol. The van der Waals surface area contributed by atoms with Crippen LogP contribution in [0.25, 0.3) is 11.1 Å². The second-order valence-corrected chi connectivity index (χ2v) is 15.9. The first-order chi connectivity index (χ1) is 24.4. The Labute approximate surface area is 298 Å². The molecule has 4 aliphatic carbocycles. The number of nitrogens with zero attached hydrogens (tertiary/aromatic N) is 4. The van der Waals surface area contributed by atoms with Crippen LogP contribution in [0.1, 0.15) is 95.2 Å². The van der Waals surface area contributed by atoms with Crippen LogP contribution in [0.4, 0.5) is 19.3 Å². The van der Waals surface area contributed by atoms with Crippen molar-refractivity contribution in [1.29, 1.82) is 0 Å². The third-order valence-corrected chi connectivity index (χ3v) is 12.4. The number of aliphatic hydroxyl groups excluding tert-OH is 1. The fraction of sp³-hybridized carbons (Fsp3) is 0.575. The Morgan fingerprint density at radius 2 is 1.71 bits per heavy atom. The Morgan fingerprint density at radius 3 is 2.29 bits per heavy atom. The van der Waals surface area contributed by atoms with E-state index in [1.54, 1.807) is 22.9 Å². The van der Waals surface area contributed by atoms with Gasteiger partial charge in [-0.15, -0.1) is 0 Å². The quantitative estimate of drug-likeness (QED) is 0.245. The van der Waals surface area contributed by atoms with Gasteiger partial charge in [0.25, 0.3) is 0 Å². The van der Waals surface area contributed by atoms with Crippen LogP contribution in [0.2, 0.25) is 0 Å². The number of fused-ring (bicyclic) bond motifs is 3. The van der Waals surface area contributed by atoms with Crippen LogP contribution in [-0.4, -0.2) is 70.7 Å². The van der Waals surface area contributed by atoms with Crippen LogP contribution in [-0.2, 0) is 14.9 Å². The molecule has 8 rings (SSSR count). The van der Waals surface area contributed by atoms with E-state index in [0.717, 1.165) is 49.8 Å². The zero-order valence-electron chi connectivity index (χ0n) is 30.2. The highest BCUT2D eigenvalue weighted by atomic mass is 19.1. The highest BCUT2D eigenvalue weighted by Gasteiger charge is 2.51. The number of β-amino-alcohol motifs (C(OH)–C–C–N with tert-alkyl or cyclic N) is 1. The summed E-state index contributed by atoms with van der Waals surface area (Å²) in [6.45, 7) is 6.88. The molecule has 3 aromatic rings. The molecule has 2 heterocycles. The summed E-state index contributed by atoms with van der Waals surface area (Å²) in [7, 11) is 1.69. The number of hydrogen-bond donors (Lipinski definition) is 1. The first-order valence-electron chi connectivity index (χ1n) is 18.5. The number of halogens is 2. The van der Waals surface area contributed by atoms with Gasteiger partial charge in [-0.1, -0.05) is 12.1 Å².